The van der Waals surface area contributed by atoms with Gasteiger partial charge in [-0.3, -0.25) is 0 Å². The van der Waals surface area contributed by atoms with Crippen molar-refractivity contribution < 1.29 is 4.74 Å². The zero-order valence-corrected chi connectivity index (χ0v) is 17.1. The van der Waals surface area contributed by atoms with Crippen molar-refractivity contribution in [1.29, 1.82) is 0 Å². The standard InChI is InChI=1S/C29H26O/c1-3-9-22(10-4-1)28-24-13-7-8-14-25(24)29(30-28,23-11-5-2-6-12-23)27-19-26(28)20-15-17-21(27)18-16-20/h1-15,17,20-21,26-27H,16,18-19H2/t20?,21?,26-,27+,28-,29+. The molecule has 2 unspecified atom stereocenters. The van der Waals surface area contributed by atoms with E-state index in [0.29, 0.717) is 23.7 Å². The Labute approximate surface area is 178 Å². The molecule has 3 aliphatic carbocycles. The SMILES string of the molecule is C1=CC2CCC1[C@H]1C[C@@H]2[C@@]2(c3ccccc3)O[C@]1(c1ccccc1)c1ccccc12. The van der Waals surface area contributed by atoms with Gasteiger partial charge >= 0.3 is 0 Å². The largest absolute Gasteiger partial charge is 0.349 e. The number of benzene rings is 3. The van der Waals surface area contributed by atoms with Crippen molar-refractivity contribution in [1.82, 2.24) is 0 Å². The molecule has 0 spiro atoms. The quantitative estimate of drug-likeness (QED) is 0.458. The molecule has 5 aliphatic rings. The summed E-state index contributed by atoms with van der Waals surface area (Å²) in [6.07, 6.45) is 8.87. The molecule has 1 nitrogen and oxygen atoms in total. The summed E-state index contributed by atoms with van der Waals surface area (Å²) in [5, 5.41) is 0. The molecule has 3 aromatic rings. The van der Waals surface area contributed by atoms with Crippen LogP contribution in [0.1, 0.15) is 41.5 Å². The van der Waals surface area contributed by atoms with Crippen molar-refractivity contribution in [2.75, 3.05) is 0 Å². The molecule has 148 valence electrons. The van der Waals surface area contributed by atoms with E-state index < -0.39 is 0 Å². The van der Waals surface area contributed by atoms with Crippen molar-refractivity contribution in [2.45, 2.75) is 30.5 Å². The predicted molar refractivity (Wildman–Crippen MR) is 119 cm³/mol. The number of allylic oxidation sites excluding steroid dienone is 2. The number of hydrogen-bond donors (Lipinski definition) is 0. The third-order valence-corrected chi connectivity index (χ3v) is 8.48. The van der Waals surface area contributed by atoms with E-state index in [-0.39, 0.29) is 11.2 Å². The predicted octanol–water partition coefficient (Wildman–Crippen LogP) is 6.44. The van der Waals surface area contributed by atoms with E-state index in [1.165, 1.54) is 41.5 Å². The molecule has 6 atom stereocenters. The first-order valence-electron chi connectivity index (χ1n) is 11.4. The minimum atomic E-state index is -0.377. The van der Waals surface area contributed by atoms with Gasteiger partial charge in [0.1, 0.15) is 11.2 Å². The van der Waals surface area contributed by atoms with Crippen LogP contribution in [0.3, 0.4) is 0 Å². The zero-order chi connectivity index (χ0) is 19.8. The van der Waals surface area contributed by atoms with Crippen LogP contribution < -0.4 is 0 Å². The van der Waals surface area contributed by atoms with Gasteiger partial charge in [-0.2, -0.15) is 0 Å². The molecule has 0 aromatic heterocycles. The van der Waals surface area contributed by atoms with Crippen LogP contribution >= 0.6 is 0 Å². The first kappa shape index (κ1) is 17.1. The summed E-state index contributed by atoms with van der Waals surface area (Å²) in [5.74, 6) is 2.14. The van der Waals surface area contributed by atoms with Crippen LogP contribution in [0.5, 0.6) is 0 Å². The second kappa shape index (κ2) is 5.95. The first-order valence-corrected chi connectivity index (χ1v) is 11.4. The summed E-state index contributed by atoms with van der Waals surface area (Å²) in [5.41, 5.74) is 4.67. The molecular weight excluding hydrogens is 364 g/mol. The lowest BCUT2D eigenvalue weighted by Gasteiger charge is -2.51. The second-order valence-corrected chi connectivity index (χ2v) is 9.59. The maximum Gasteiger partial charge on any atom is 0.124 e. The lowest BCUT2D eigenvalue weighted by atomic mass is 9.66. The maximum absolute atomic E-state index is 7.60. The second-order valence-electron chi connectivity index (χ2n) is 9.59. The normalized spacial score (nSPS) is 37.6. The first-order chi connectivity index (χ1) is 14.8. The van der Waals surface area contributed by atoms with Gasteiger partial charge in [0.25, 0.3) is 0 Å². The van der Waals surface area contributed by atoms with E-state index in [0.717, 1.165) is 0 Å². The van der Waals surface area contributed by atoms with Crippen LogP contribution in [0.4, 0.5) is 0 Å². The molecule has 1 saturated carbocycles. The summed E-state index contributed by atoms with van der Waals surface area (Å²) < 4.78 is 7.60. The minimum absolute atomic E-state index is 0.377. The molecule has 2 aliphatic heterocycles. The maximum atomic E-state index is 7.60. The van der Waals surface area contributed by atoms with E-state index in [9.17, 15) is 0 Å². The van der Waals surface area contributed by atoms with E-state index in [4.69, 9.17) is 4.74 Å². The Balaban J connectivity index is 1.61. The summed E-state index contributed by atoms with van der Waals surface area (Å²) in [6.45, 7) is 0. The van der Waals surface area contributed by atoms with Crippen molar-refractivity contribution >= 4 is 0 Å². The topological polar surface area (TPSA) is 9.23 Å². The highest BCUT2D eigenvalue weighted by Gasteiger charge is 2.68. The fourth-order valence-corrected chi connectivity index (χ4v) is 7.37. The third kappa shape index (κ3) is 1.93. The molecule has 6 bridgehead atoms. The van der Waals surface area contributed by atoms with E-state index in [1.54, 1.807) is 0 Å². The Kier molecular flexibility index (Phi) is 3.39. The number of rotatable bonds is 2. The molecular formula is C29H26O. The molecule has 0 N–H and O–H groups in total. The van der Waals surface area contributed by atoms with Gasteiger partial charge in [0.2, 0.25) is 0 Å². The molecule has 1 saturated heterocycles. The van der Waals surface area contributed by atoms with Crippen LogP contribution in [-0.2, 0) is 15.9 Å². The van der Waals surface area contributed by atoms with E-state index >= 15 is 0 Å². The van der Waals surface area contributed by atoms with Crippen molar-refractivity contribution in [3.8, 4) is 0 Å². The van der Waals surface area contributed by atoms with Gasteiger partial charge in [-0.25, -0.2) is 0 Å². The molecule has 2 heterocycles. The Hall–Kier alpha value is -2.64. The highest BCUT2D eigenvalue weighted by molar-refractivity contribution is 5.56. The number of fused-ring (bicyclic) bond motifs is 6. The lowest BCUT2D eigenvalue weighted by molar-refractivity contribution is -0.204. The van der Waals surface area contributed by atoms with E-state index in [1.807, 2.05) is 0 Å². The van der Waals surface area contributed by atoms with Gasteiger partial charge in [0.15, 0.2) is 0 Å². The van der Waals surface area contributed by atoms with Gasteiger partial charge in [0.05, 0.1) is 0 Å². The van der Waals surface area contributed by atoms with Crippen LogP contribution in [0.2, 0.25) is 0 Å². The minimum Gasteiger partial charge on any atom is -0.349 e. The average Bonchev–Trinajstić information content (AvgIpc) is 2.92. The highest BCUT2D eigenvalue weighted by atomic mass is 16.5. The van der Waals surface area contributed by atoms with Gasteiger partial charge in [-0.1, -0.05) is 97.1 Å². The van der Waals surface area contributed by atoms with Crippen LogP contribution in [0.15, 0.2) is 97.1 Å². The lowest BCUT2D eigenvalue weighted by Crippen LogP contribution is -2.51. The van der Waals surface area contributed by atoms with Crippen molar-refractivity contribution in [3.63, 3.8) is 0 Å². The number of ether oxygens (including phenoxy) is 1. The summed E-state index contributed by atoms with van der Waals surface area (Å²) in [6, 6.07) is 31.2. The molecule has 30 heavy (non-hydrogen) atoms. The number of hydrogen-bond acceptors (Lipinski definition) is 1. The van der Waals surface area contributed by atoms with Crippen molar-refractivity contribution in [3.05, 3.63) is 119 Å². The van der Waals surface area contributed by atoms with E-state index in [2.05, 4.69) is 97.1 Å². The third-order valence-electron chi connectivity index (χ3n) is 8.48. The fourth-order valence-electron chi connectivity index (χ4n) is 7.37. The van der Waals surface area contributed by atoms with Crippen molar-refractivity contribution in [2.24, 2.45) is 23.7 Å². The molecule has 0 radical (unpaired) electrons. The van der Waals surface area contributed by atoms with Crippen LogP contribution in [0.25, 0.3) is 0 Å². The average molecular weight is 391 g/mol. The summed E-state index contributed by atoms with van der Waals surface area (Å²) in [7, 11) is 0. The van der Waals surface area contributed by atoms with Gasteiger partial charge in [-0.05, 0) is 53.4 Å². The summed E-state index contributed by atoms with van der Waals surface area (Å²) >= 11 is 0. The molecule has 3 aromatic carbocycles. The van der Waals surface area contributed by atoms with Gasteiger partial charge in [-0.15, -0.1) is 0 Å². The Bertz CT molecular complexity index is 1040. The monoisotopic (exact) mass is 390 g/mol. The molecule has 2 fully saturated rings. The Morgan fingerprint density at radius 1 is 0.567 bits per heavy atom. The Morgan fingerprint density at radius 2 is 1.00 bits per heavy atom. The Morgan fingerprint density at radius 3 is 1.43 bits per heavy atom. The van der Waals surface area contributed by atoms with Gasteiger partial charge < -0.3 is 4.74 Å². The molecule has 8 rings (SSSR count). The zero-order valence-electron chi connectivity index (χ0n) is 17.1. The van der Waals surface area contributed by atoms with Gasteiger partial charge in [0, 0.05) is 11.8 Å². The molecule has 0 amide bonds. The fraction of sp³-hybridized carbons (Fsp3) is 0.310. The van der Waals surface area contributed by atoms with Crippen LogP contribution in [0, 0.1) is 23.7 Å². The smallest absolute Gasteiger partial charge is 0.124 e. The highest BCUT2D eigenvalue weighted by Crippen LogP contribution is 2.70. The molecule has 1 heteroatoms. The summed E-state index contributed by atoms with van der Waals surface area (Å²) in [4.78, 5) is 0. The van der Waals surface area contributed by atoms with Crippen LogP contribution in [-0.4, -0.2) is 0 Å².